The third kappa shape index (κ3) is 3.30. The maximum absolute atomic E-state index is 12.5. The first-order chi connectivity index (χ1) is 10.0. The number of hydrogen-bond donors (Lipinski definition) is 0. The first-order valence-electron chi connectivity index (χ1n) is 8.31. The van der Waals surface area contributed by atoms with Crippen LogP contribution in [0.15, 0.2) is 24.3 Å². The van der Waals surface area contributed by atoms with Gasteiger partial charge in [0.15, 0.2) is 0 Å². The molecule has 0 radical (unpaired) electrons. The van der Waals surface area contributed by atoms with Crippen molar-refractivity contribution < 1.29 is 9.53 Å². The van der Waals surface area contributed by atoms with E-state index in [0.717, 1.165) is 19.3 Å². The predicted molar refractivity (Wildman–Crippen MR) is 86.4 cm³/mol. The highest BCUT2D eigenvalue weighted by Crippen LogP contribution is 2.57. The van der Waals surface area contributed by atoms with Gasteiger partial charge in [-0.1, -0.05) is 38.5 Å². The number of carbonyl (C=O) groups excluding carboxylic acids is 1. The van der Waals surface area contributed by atoms with Crippen molar-refractivity contribution in [2.75, 3.05) is 0 Å². The lowest BCUT2D eigenvalue weighted by atomic mass is 9.54. The second-order valence-corrected chi connectivity index (χ2v) is 6.79. The molecule has 0 unspecified atom stereocenters. The molecule has 21 heavy (non-hydrogen) atoms. The van der Waals surface area contributed by atoms with E-state index < -0.39 is 0 Å². The van der Waals surface area contributed by atoms with Crippen LogP contribution in [0.25, 0.3) is 0 Å². The normalized spacial score (nSPS) is 30.3. The number of esters is 1. The third-order valence-corrected chi connectivity index (χ3v) is 5.29. The van der Waals surface area contributed by atoms with Crippen LogP contribution in [0.4, 0.5) is 0 Å². The molecule has 1 aromatic carbocycles. The largest absolute Gasteiger partial charge is 0.426 e. The number of ether oxygens (including phenoxy) is 1. The SMILES string of the molecule is CC.Cc1ccc(OC(=O)C23CCC(C)(CC2)CC3)cc1. The molecule has 3 saturated carbocycles. The summed E-state index contributed by atoms with van der Waals surface area (Å²) in [4.78, 5) is 12.5. The first kappa shape index (κ1) is 16.1. The Hall–Kier alpha value is -1.31. The van der Waals surface area contributed by atoms with Crippen molar-refractivity contribution in [2.45, 2.75) is 66.2 Å². The van der Waals surface area contributed by atoms with Gasteiger partial charge in [0.25, 0.3) is 0 Å². The van der Waals surface area contributed by atoms with E-state index in [1.807, 2.05) is 45.0 Å². The van der Waals surface area contributed by atoms with Gasteiger partial charge in [0, 0.05) is 0 Å². The number of hydrogen-bond acceptors (Lipinski definition) is 2. The quantitative estimate of drug-likeness (QED) is 0.546. The molecule has 3 aliphatic carbocycles. The molecule has 0 heterocycles. The molecule has 3 fully saturated rings. The number of carbonyl (C=O) groups is 1. The minimum absolute atomic E-state index is 0.00176. The highest BCUT2D eigenvalue weighted by atomic mass is 16.5. The zero-order valence-corrected chi connectivity index (χ0v) is 13.9. The van der Waals surface area contributed by atoms with E-state index in [2.05, 4.69) is 6.92 Å². The number of fused-ring (bicyclic) bond motifs is 3. The fourth-order valence-electron chi connectivity index (χ4n) is 3.50. The van der Waals surface area contributed by atoms with E-state index in [1.54, 1.807) is 0 Å². The van der Waals surface area contributed by atoms with E-state index in [0.29, 0.717) is 11.2 Å². The Labute approximate surface area is 128 Å². The highest BCUT2D eigenvalue weighted by molar-refractivity contribution is 5.79. The van der Waals surface area contributed by atoms with Crippen LogP contribution in [0.3, 0.4) is 0 Å². The van der Waals surface area contributed by atoms with Crippen molar-refractivity contribution in [2.24, 2.45) is 10.8 Å². The second kappa shape index (κ2) is 6.21. The lowest BCUT2D eigenvalue weighted by Crippen LogP contribution is -2.46. The monoisotopic (exact) mass is 288 g/mol. The van der Waals surface area contributed by atoms with Gasteiger partial charge in [-0.25, -0.2) is 0 Å². The second-order valence-electron chi connectivity index (χ2n) is 6.79. The van der Waals surface area contributed by atoms with Gasteiger partial charge in [0.05, 0.1) is 5.41 Å². The maximum atomic E-state index is 12.5. The average molecular weight is 288 g/mol. The smallest absolute Gasteiger partial charge is 0.317 e. The Morgan fingerprint density at radius 2 is 1.43 bits per heavy atom. The molecule has 0 aliphatic heterocycles. The predicted octanol–water partition coefficient (Wildman–Crippen LogP) is 5.29. The summed E-state index contributed by atoms with van der Waals surface area (Å²) in [7, 11) is 0. The molecule has 116 valence electrons. The van der Waals surface area contributed by atoms with Crippen molar-refractivity contribution in [1.82, 2.24) is 0 Å². The molecule has 4 rings (SSSR count). The minimum atomic E-state index is -0.192. The van der Waals surface area contributed by atoms with Gasteiger partial charge in [0.1, 0.15) is 5.75 Å². The van der Waals surface area contributed by atoms with E-state index >= 15 is 0 Å². The highest BCUT2D eigenvalue weighted by Gasteiger charge is 2.51. The molecule has 2 bridgehead atoms. The third-order valence-electron chi connectivity index (χ3n) is 5.29. The van der Waals surface area contributed by atoms with E-state index in [9.17, 15) is 4.79 Å². The summed E-state index contributed by atoms with van der Waals surface area (Å²) >= 11 is 0. The van der Waals surface area contributed by atoms with Gasteiger partial charge < -0.3 is 4.74 Å². The molecule has 2 nitrogen and oxygen atoms in total. The average Bonchev–Trinajstić information content (AvgIpc) is 2.52. The fourth-order valence-corrected chi connectivity index (χ4v) is 3.50. The zero-order valence-electron chi connectivity index (χ0n) is 13.9. The molecule has 0 amide bonds. The van der Waals surface area contributed by atoms with Crippen LogP contribution in [0.1, 0.15) is 64.9 Å². The molecular weight excluding hydrogens is 260 g/mol. The standard InChI is InChI=1S/C17H22O2.C2H6/c1-13-3-5-14(6-4-13)19-15(18)17-10-7-16(2,8-11-17)9-12-17;1-2/h3-6H,7-12H2,1-2H3;1-2H3. The molecule has 0 saturated heterocycles. The summed E-state index contributed by atoms with van der Waals surface area (Å²) in [5.41, 5.74) is 1.48. The Morgan fingerprint density at radius 3 is 1.90 bits per heavy atom. The van der Waals surface area contributed by atoms with E-state index in [4.69, 9.17) is 4.74 Å². The van der Waals surface area contributed by atoms with Crippen molar-refractivity contribution in [3.05, 3.63) is 29.8 Å². The lowest BCUT2D eigenvalue weighted by Gasteiger charge is -2.50. The summed E-state index contributed by atoms with van der Waals surface area (Å²) < 4.78 is 5.62. The molecule has 3 aliphatic rings. The van der Waals surface area contributed by atoms with E-state index in [1.165, 1.54) is 24.8 Å². The zero-order chi connectivity index (χ0) is 15.5. The number of benzene rings is 1. The molecule has 0 N–H and O–H groups in total. The van der Waals surface area contributed by atoms with Gasteiger partial charge in [-0.05, 0) is 63.0 Å². The van der Waals surface area contributed by atoms with Crippen LogP contribution in [-0.2, 0) is 4.79 Å². The minimum Gasteiger partial charge on any atom is -0.426 e. The summed E-state index contributed by atoms with van der Waals surface area (Å²) in [5, 5.41) is 0. The van der Waals surface area contributed by atoms with Crippen LogP contribution in [-0.4, -0.2) is 5.97 Å². The fraction of sp³-hybridized carbons (Fsp3) is 0.632. The lowest BCUT2D eigenvalue weighted by molar-refractivity contribution is -0.155. The van der Waals surface area contributed by atoms with Crippen LogP contribution in [0, 0.1) is 17.8 Å². The van der Waals surface area contributed by atoms with E-state index in [-0.39, 0.29) is 11.4 Å². The molecule has 0 aromatic heterocycles. The van der Waals surface area contributed by atoms with Gasteiger partial charge >= 0.3 is 5.97 Å². The van der Waals surface area contributed by atoms with Crippen LogP contribution < -0.4 is 4.74 Å². The van der Waals surface area contributed by atoms with Crippen LogP contribution >= 0.6 is 0 Å². The molecule has 2 heteroatoms. The maximum Gasteiger partial charge on any atom is 0.317 e. The van der Waals surface area contributed by atoms with Crippen LogP contribution in [0.2, 0.25) is 0 Å². The molecule has 0 spiro atoms. The van der Waals surface area contributed by atoms with Gasteiger partial charge in [-0.2, -0.15) is 0 Å². The van der Waals surface area contributed by atoms with Crippen LogP contribution in [0.5, 0.6) is 5.75 Å². The van der Waals surface area contributed by atoms with Crippen molar-refractivity contribution >= 4 is 5.97 Å². The Balaban J connectivity index is 0.000000774. The van der Waals surface area contributed by atoms with Crippen molar-refractivity contribution in [3.63, 3.8) is 0 Å². The Bertz CT molecular complexity index is 462. The van der Waals surface area contributed by atoms with Gasteiger partial charge in [0.2, 0.25) is 0 Å². The summed E-state index contributed by atoms with van der Waals surface area (Å²) in [6.45, 7) is 8.40. The molecule has 1 aromatic rings. The number of aryl methyl sites for hydroxylation is 1. The Kier molecular flexibility index (Phi) is 4.75. The van der Waals surface area contributed by atoms with Gasteiger partial charge in [-0.15, -0.1) is 0 Å². The summed E-state index contributed by atoms with van der Waals surface area (Å²) in [5.74, 6) is 0.682. The number of rotatable bonds is 2. The molecular formula is C19H28O2. The van der Waals surface area contributed by atoms with Crippen molar-refractivity contribution in [3.8, 4) is 5.75 Å². The topological polar surface area (TPSA) is 26.3 Å². The van der Waals surface area contributed by atoms with Gasteiger partial charge in [-0.3, -0.25) is 4.79 Å². The first-order valence-corrected chi connectivity index (χ1v) is 8.31. The summed E-state index contributed by atoms with van der Waals surface area (Å²) in [6.07, 6.45) is 6.55. The molecule has 0 atom stereocenters. The van der Waals surface area contributed by atoms with Crippen molar-refractivity contribution in [1.29, 1.82) is 0 Å². The summed E-state index contributed by atoms with van der Waals surface area (Å²) in [6, 6.07) is 7.75. The Morgan fingerprint density at radius 1 is 0.952 bits per heavy atom.